The van der Waals surface area contributed by atoms with Crippen LogP contribution in [0.1, 0.15) is 51.9 Å². The summed E-state index contributed by atoms with van der Waals surface area (Å²) in [6, 6.07) is 0. The summed E-state index contributed by atoms with van der Waals surface area (Å²) in [5.74, 6) is -0.0318. The van der Waals surface area contributed by atoms with Crippen LogP contribution in [0.15, 0.2) is 0 Å². The Morgan fingerprint density at radius 2 is 1.93 bits per heavy atom. The Balaban J connectivity index is 3.11. The van der Waals surface area contributed by atoms with Crippen molar-refractivity contribution in [1.82, 2.24) is 0 Å². The molecule has 14 heavy (non-hydrogen) atoms. The number of alkyl halides is 1. The third kappa shape index (κ3) is 10.0. The van der Waals surface area contributed by atoms with Crippen molar-refractivity contribution in [2.45, 2.75) is 51.9 Å². The van der Waals surface area contributed by atoms with Crippen molar-refractivity contribution in [3.8, 4) is 0 Å². The summed E-state index contributed by atoms with van der Waals surface area (Å²) < 4.78 is 5.07. The number of halogens is 1. The topological polar surface area (TPSA) is 26.3 Å². The zero-order valence-electron chi connectivity index (χ0n) is 9.06. The summed E-state index contributed by atoms with van der Waals surface area (Å²) in [6.45, 7) is 2.74. The van der Waals surface area contributed by atoms with Crippen LogP contribution in [0.25, 0.3) is 0 Å². The first kappa shape index (κ1) is 13.9. The fourth-order valence-electron chi connectivity index (χ4n) is 1.15. The van der Waals surface area contributed by atoms with Gasteiger partial charge in [0, 0.05) is 11.8 Å². The molecule has 0 fully saturated rings. The van der Waals surface area contributed by atoms with E-state index in [9.17, 15) is 4.79 Å². The molecule has 0 radical (unpaired) electrons. The van der Waals surface area contributed by atoms with Gasteiger partial charge in [-0.2, -0.15) is 0 Å². The molecule has 2 nitrogen and oxygen atoms in total. The third-order valence-corrected chi connectivity index (χ3v) is 2.59. The van der Waals surface area contributed by atoms with Gasteiger partial charge in [0.15, 0.2) is 0 Å². The molecule has 0 unspecified atom stereocenters. The highest BCUT2D eigenvalue weighted by Crippen LogP contribution is 2.03. The molecule has 0 heterocycles. The maximum absolute atomic E-state index is 11.1. The first-order valence-electron chi connectivity index (χ1n) is 5.52. The molecule has 0 aliphatic carbocycles. The van der Waals surface area contributed by atoms with Gasteiger partial charge in [0.1, 0.15) is 0 Å². The standard InChI is InChI=1S/C11H21BrO2/c1-2-3-7-10-14-11(13)8-5-4-6-9-12/h2-10H2,1H3. The van der Waals surface area contributed by atoms with Crippen molar-refractivity contribution in [3.05, 3.63) is 0 Å². The Morgan fingerprint density at radius 1 is 1.14 bits per heavy atom. The molecular weight excluding hydrogens is 244 g/mol. The second-order valence-corrected chi connectivity index (χ2v) is 4.22. The number of hydrogen-bond donors (Lipinski definition) is 0. The van der Waals surface area contributed by atoms with E-state index in [-0.39, 0.29) is 5.97 Å². The van der Waals surface area contributed by atoms with Crippen LogP contribution in [0.2, 0.25) is 0 Å². The highest BCUT2D eigenvalue weighted by molar-refractivity contribution is 9.09. The van der Waals surface area contributed by atoms with Gasteiger partial charge in [-0.15, -0.1) is 0 Å². The molecule has 3 heteroatoms. The number of rotatable bonds is 9. The van der Waals surface area contributed by atoms with Crippen LogP contribution in [0.4, 0.5) is 0 Å². The molecule has 0 bridgehead atoms. The van der Waals surface area contributed by atoms with Gasteiger partial charge in [-0.25, -0.2) is 0 Å². The lowest BCUT2D eigenvalue weighted by Crippen LogP contribution is -2.05. The molecule has 0 aliphatic heterocycles. The molecule has 0 aromatic rings. The zero-order valence-corrected chi connectivity index (χ0v) is 10.6. The smallest absolute Gasteiger partial charge is 0.305 e. The minimum absolute atomic E-state index is 0.0318. The lowest BCUT2D eigenvalue weighted by molar-refractivity contribution is -0.143. The molecule has 0 amide bonds. The van der Waals surface area contributed by atoms with E-state index in [1.54, 1.807) is 0 Å². The molecule has 0 saturated carbocycles. The third-order valence-electron chi connectivity index (χ3n) is 2.03. The number of unbranched alkanes of at least 4 members (excludes halogenated alkanes) is 4. The van der Waals surface area contributed by atoms with E-state index < -0.39 is 0 Å². The van der Waals surface area contributed by atoms with Crippen molar-refractivity contribution < 1.29 is 9.53 Å². The number of hydrogen-bond acceptors (Lipinski definition) is 2. The Hall–Kier alpha value is -0.0500. The lowest BCUT2D eigenvalue weighted by atomic mass is 10.2. The Kier molecular flexibility index (Phi) is 11.0. The van der Waals surface area contributed by atoms with Gasteiger partial charge in [0.05, 0.1) is 6.61 Å². The quantitative estimate of drug-likeness (QED) is 0.361. The predicted molar refractivity (Wildman–Crippen MR) is 62.7 cm³/mol. The van der Waals surface area contributed by atoms with Crippen LogP contribution in [-0.2, 0) is 9.53 Å². The normalized spacial score (nSPS) is 10.1. The highest BCUT2D eigenvalue weighted by atomic mass is 79.9. The summed E-state index contributed by atoms with van der Waals surface area (Å²) in [7, 11) is 0. The molecule has 0 spiro atoms. The fourth-order valence-corrected chi connectivity index (χ4v) is 1.55. The van der Waals surface area contributed by atoms with Gasteiger partial charge in [-0.1, -0.05) is 42.1 Å². The highest BCUT2D eigenvalue weighted by Gasteiger charge is 2.01. The van der Waals surface area contributed by atoms with Crippen molar-refractivity contribution in [1.29, 1.82) is 0 Å². The largest absolute Gasteiger partial charge is 0.466 e. The summed E-state index contributed by atoms with van der Waals surface area (Å²) in [5.41, 5.74) is 0. The number of ether oxygens (including phenoxy) is 1. The van der Waals surface area contributed by atoms with Gasteiger partial charge >= 0.3 is 5.97 Å². The van der Waals surface area contributed by atoms with Crippen molar-refractivity contribution in [3.63, 3.8) is 0 Å². The predicted octanol–water partition coefficient (Wildman–Crippen LogP) is 3.68. The second-order valence-electron chi connectivity index (χ2n) is 3.43. The zero-order chi connectivity index (χ0) is 10.6. The SMILES string of the molecule is CCCCCOC(=O)CCCCCBr. The van der Waals surface area contributed by atoms with E-state index in [1.807, 2.05) is 0 Å². The van der Waals surface area contributed by atoms with E-state index in [1.165, 1.54) is 6.42 Å². The number of carbonyl (C=O) groups excluding carboxylic acids is 1. The summed E-state index contributed by atoms with van der Waals surface area (Å²) in [4.78, 5) is 11.1. The molecule has 0 aromatic heterocycles. The monoisotopic (exact) mass is 264 g/mol. The number of carbonyl (C=O) groups is 1. The number of esters is 1. The molecule has 84 valence electrons. The van der Waals surface area contributed by atoms with Crippen molar-refractivity contribution >= 4 is 21.9 Å². The molecule has 0 rings (SSSR count). The molecule has 0 N–H and O–H groups in total. The molecule has 0 saturated heterocycles. The maximum Gasteiger partial charge on any atom is 0.305 e. The van der Waals surface area contributed by atoms with Crippen molar-refractivity contribution in [2.24, 2.45) is 0 Å². The summed E-state index contributed by atoms with van der Waals surface area (Å²) in [5, 5.41) is 1.03. The van der Waals surface area contributed by atoms with Gasteiger partial charge < -0.3 is 4.74 Å². The lowest BCUT2D eigenvalue weighted by Gasteiger charge is -2.03. The molecule has 0 aromatic carbocycles. The van der Waals surface area contributed by atoms with Gasteiger partial charge in [-0.05, 0) is 19.3 Å². The average Bonchev–Trinajstić information content (AvgIpc) is 2.19. The minimum Gasteiger partial charge on any atom is -0.466 e. The van der Waals surface area contributed by atoms with E-state index in [0.717, 1.165) is 37.4 Å². The first-order chi connectivity index (χ1) is 6.81. The van der Waals surface area contributed by atoms with Crippen LogP contribution in [-0.4, -0.2) is 17.9 Å². The van der Waals surface area contributed by atoms with Crippen LogP contribution in [0.5, 0.6) is 0 Å². The van der Waals surface area contributed by atoms with E-state index in [2.05, 4.69) is 22.9 Å². The summed E-state index contributed by atoms with van der Waals surface area (Å²) in [6.07, 6.45) is 7.11. The van der Waals surface area contributed by atoms with E-state index in [4.69, 9.17) is 4.74 Å². The van der Waals surface area contributed by atoms with E-state index in [0.29, 0.717) is 13.0 Å². The van der Waals surface area contributed by atoms with Crippen LogP contribution in [0, 0.1) is 0 Å². The molecule has 0 aliphatic rings. The molecular formula is C11H21BrO2. The Morgan fingerprint density at radius 3 is 2.57 bits per heavy atom. The van der Waals surface area contributed by atoms with Gasteiger partial charge in [0.2, 0.25) is 0 Å². The van der Waals surface area contributed by atoms with Crippen LogP contribution in [0.3, 0.4) is 0 Å². The first-order valence-corrected chi connectivity index (χ1v) is 6.65. The Bertz CT molecular complexity index is 123. The van der Waals surface area contributed by atoms with Crippen LogP contribution < -0.4 is 0 Å². The minimum atomic E-state index is -0.0318. The van der Waals surface area contributed by atoms with E-state index >= 15 is 0 Å². The van der Waals surface area contributed by atoms with Crippen LogP contribution >= 0.6 is 15.9 Å². The second kappa shape index (κ2) is 11.0. The Labute approximate surface area is 95.5 Å². The van der Waals surface area contributed by atoms with Gasteiger partial charge in [0.25, 0.3) is 0 Å². The van der Waals surface area contributed by atoms with Gasteiger partial charge in [-0.3, -0.25) is 4.79 Å². The maximum atomic E-state index is 11.1. The van der Waals surface area contributed by atoms with Crippen molar-refractivity contribution in [2.75, 3.05) is 11.9 Å². The fraction of sp³-hybridized carbons (Fsp3) is 0.909. The summed E-state index contributed by atoms with van der Waals surface area (Å²) >= 11 is 3.36. The molecule has 0 atom stereocenters. The average molecular weight is 265 g/mol.